The molecule has 15 heavy (non-hydrogen) atoms. The van der Waals surface area contributed by atoms with Gasteiger partial charge in [0.1, 0.15) is 5.01 Å². The maximum absolute atomic E-state index is 6.25. The van der Waals surface area contributed by atoms with Crippen LogP contribution in [0.2, 0.25) is 0 Å². The Morgan fingerprint density at radius 1 is 1.40 bits per heavy atom. The molecule has 1 aromatic rings. The summed E-state index contributed by atoms with van der Waals surface area (Å²) in [4.78, 5) is 6.99. The van der Waals surface area contributed by atoms with E-state index in [0.717, 1.165) is 18.6 Å². The van der Waals surface area contributed by atoms with Crippen LogP contribution in [-0.4, -0.2) is 27.3 Å². The molecule has 2 aliphatic heterocycles. The molecule has 3 rings (SSSR count). The van der Waals surface area contributed by atoms with Crippen molar-refractivity contribution in [2.75, 3.05) is 0 Å². The predicted molar refractivity (Wildman–Crippen MR) is 63.3 cm³/mol. The third-order valence-corrected chi connectivity index (χ3v) is 4.75. The normalized spacial score (nSPS) is 35.9. The Morgan fingerprint density at radius 3 is 2.73 bits per heavy atom. The average Bonchev–Trinajstić information content (AvgIpc) is 2.77. The first-order valence-corrected chi connectivity index (χ1v) is 6.92. The van der Waals surface area contributed by atoms with E-state index in [9.17, 15) is 0 Å². The fraction of sp³-hybridized carbons (Fsp3) is 0.727. The molecule has 0 N–H and O–H groups in total. The first kappa shape index (κ1) is 10.1. The quantitative estimate of drug-likeness (QED) is 0.742. The second-order valence-corrected chi connectivity index (χ2v) is 6.15. The number of piperidine rings is 1. The number of fused-ring (bicyclic) bond motifs is 2. The third kappa shape index (κ3) is 1.93. The van der Waals surface area contributed by atoms with Gasteiger partial charge in [0.2, 0.25) is 0 Å². The summed E-state index contributed by atoms with van der Waals surface area (Å²) in [7, 11) is 0. The van der Waals surface area contributed by atoms with E-state index in [1.807, 2.05) is 6.20 Å². The maximum Gasteiger partial charge on any atom is 0.107 e. The molecule has 3 heterocycles. The van der Waals surface area contributed by atoms with Gasteiger partial charge in [0.15, 0.2) is 0 Å². The second-order valence-electron chi connectivity index (χ2n) is 4.55. The van der Waals surface area contributed by atoms with Gasteiger partial charge in [0.05, 0.1) is 6.54 Å². The van der Waals surface area contributed by atoms with E-state index >= 15 is 0 Å². The summed E-state index contributed by atoms with van der Waals surface area (Å²) in [6, 6.07) is 1.44. The Kier molecular flexibility index (Phi) is 2.71. The van der Waals surface area contributed by atoms with Gasteiger partial charge in [0.25, 0.3) is 0 Å². The van der Waals surface area contributed by atoms with Crippen molar-refractivity contribution in [3.8, 4) is 0 Å². The van der Waals surface area contributed by atoms with Crippen LogP contribution in [0, 0.1) is 0 Å². The second kappa shape index (κ2) is 4.04. The zero-order valence-electron chi connectivity index (χ0n) is 8.60. The minimum atomic E-state index is 0.412. The van der Waals surface area contributed by atoms with Crippen molar-refractivity contribution in [1.82, 2.24) is 9.88 Å². The van der Waals surface area contributed by atoms with Crippen molar-refractivity contribution in [2.45, 2.75) is 49.7 Å². The van der Waals surface area contributed by atoms with Crippen LogP contribution in [0.4, 0.5) is 0 Å². The van der Waals surface area contributed by atoms with E-state index in [1.54, 1.807) is 11.3 Å². The highest BCUT2D eigenvalue weighted by Gasteiger charge is 2.40. The zero-order valence-corrected chi connectivity index (χ0v) is 10.2. The summed E-state index contributed by atoms with van der Waals surface area (Å²) >= 11 is 8.02. The minimum absolute atomic E-state index is 0.412. The van der Waals surface area contributed by atoms with Crippen LogP contribution in [0.3, 0.4) is 0 Å². The number of thiazole rings is 1. The van der Waals surface area contributed by atoms with Crippen LogP contribution >= 0.6 is 22.9 Å². The topological polar surface area (TPSA) is 16.1 Å². The Hall–Kier alpha value is -0.120. The van der Waals surface area contributed by atoms with E-state index < -0.39 is 0 Å². The number of rotatable bonds is 2. The van der Waals surface area contributed by atoms with Gasteiger partial charge in [0, 0.05) is 29.0 Å². The summed E-state index contributed by atoms with van der Waals surface area (Å²) in [5.74, 6) is 0. The molecule has 2 aliphatic rings. The molecule has 2 bridgehead atoms. The lowest BCUT2D eigenvalue weighted by atomic mass is 10.0. The summed E-state index contributed by atoms with van der Waals surface area (Å²) in [6.45, 7) is 1.04. The third-order valence-electron chi connectivity index (χ3n) is 3.63. The number of hydrogen-bond donors (Lipinski definition) is 0. The molecule has 1 aromatic heterocycles. The molecular formula is C11H15ClN2S. The van der Waals surface area contributed by atoms with Gasteiger partial charge >= 0.3 is 0 Å². The first-order chi connectivity index (χ1) is 7.33. The number of halogens is 1. The number of hydrogen-bond acceptors (Lipinski definition) is 3. The van der Waals surface area contributed by atoms with Crippen molar-refractivity contribution in [3.05, 3.63) is 16.6 Å². The molecule has 2 saturated heterocycles. The van der Waals surface area contributed by atoms with Gasteiger partial charge < -0.3 is 0 Å². The molecule has 82 valence electrons. The highest BCUT2D eigenvalue weighted by Crippen LogP contribution is 2.38. The Labute approximate surface area is 99.3 Å². The molecular weight excluding hydrogens is 228 g/mol. The lowest BCUT2D eigenvalue weighted by molar-refractivity contribution is 0.134. The van der Waals surface area contributed by atoms with Crippen LogP contribution in [-0.2, 0) is 6.54 Å². The molecule has 0 saturated carbocycles. The van der Waals surface area contributed by atoms with Gasteiger partial charge in [-0.15, -0.1) is 22.9 Å². The molecule has 0 aliphatic carbocycles. The molecule has 2 unspecified atom stereocenters. The molecule has 2 fully saturated rings. The van der Waals surface area contributed by atoms with Gasteiger partial charge in [-0.1, -0.05) is 0 Å². The Balaban J connectivity index is 1.72. The van der Waals surface area contributed by atoms with Crippen molar-refractivity contribution < 1.29 is 0 Å². The molecule has 0 radical (unpaired) electrons. The Bertz CT molecular complexity index is 313. The highest BCUT2D eigenvalue weighted by atomic mass is 35.5. The van der Waals surface area contributed by atoms with Crippen molar-refractivity contribution in [3.63, 3.8) is 0 Å². The predicted octanol–water partition coefficient (Wildman–Crippen LogP) is 2.88. The average molecular weight is 243 g/mol. The van der Waals surface area contributed by atoms with Crippen LogP contribution in [0.1, 0.15) is 30.7 Å². The van der Waals surface area contributed by atoms with Crippen molar-refractivity contribution in [1.29, 1.82) is 0 Å². The van der Waals surface area contributed by atoms with Gasteiger partial charge in [-0.05, 0) is 25.7 Å². The molecule has 2 atom stereocenters. The van der Waals surface area contributed by atoms with E-state index in [4.69, 9.17) is 11.6 Å². The standard InChI is InChI=1S/C11H15ClN2S/c12-8-5-9-1-2-10(6-8)14(9)7-11-13-3-4-15-11/h3-4,8-10H,1-2,5-7H2. The van der Waals surface area contributed by atoms with E-state index in [0.29, 0.717) is 5.38 Å². The fourth-order valence-corrected chi connectivity index (χ4v) is 3.99. The Morgan fingerprint density at radius 2 is 2.13 bits per heavy atom. The van der Waals surface area contributed by atoms with Crippen molar-refractivity contribution in [2.24, 2.45) is 0 Å². The van der Waals surface area contributed by atoms with E-state index in [-0.39, 0.29) is 0 Å². The molecule has 0 spiro atoms. The molecule has 2 nitrogen and oxygen atoms in total. The smallest absolute Gasteiger partial charge is 0.107 e. The highest BCUT2D eigenvalue weighted by molar-refractivity contribution is 7.09. The van der Waals surface area contributed by atoms with Crippen molar-refractivity contribution >= 4 is 22.9 Å². The molecule has 4 heteroatoms. The molecule has 0 aromatic carbocycles. The number of alkyl halides is 1. The number of nitrogens with zero attached hydrogens (tertiary/aromatic N) is 2. The van der Waals surface area contributed by atoms with Crippen LogP contribution < -0.4 is 0 Å². The van der Waals surface area contributed by atoms with E-state index in [2.05, 4.69) is 15.3 Å². The van der Waals surface area contributed by atoms with E-state index in [1.165, 1.54) is 30.7 Å². The van der Waals surface area contributed by atoms with Gasteiger partial charge in [-0.25, -0.2) is 4.98 Å². The maximum atomic E-state index is 6.25. The van der Waals surface area contributed by atoms with Crippen LogP contribution in [0.5, 0.6) is 0 Å². The van der Waals surface area contributed by atoms with Gasteiger partial charge in [-0.3, -0.25) is 4.90 Å². The largest absolute Gasteiger partial charge is 0.291 e. The summed E-state index contributed by atoms with van der Waals surface area (Å²) in [6.07, 6.45) is 6.90. The van der Waals surface area contributed by atoms with Gasteiger partial charge in [-0.2, -0.15) is 0 Å². The monoisotopic (exact) mass is 242 g/mol. The first-order valence-electron chi connectivity index (χ1n) is 5.61. The zero-order chi connectivity index (χ0) is 10.3. The van der Waals surface area contributed by atoms with Crippen LogP contribution in [0.15, 0.2) is 11.6 Å². The lowest BCUT2D eigenvalue weighted by Gasteiger charge is -2.36. The molecule has 0 amide bonds. The summed E-state index contributed by atoms with van der Waals surface area (Å²) in [5.41, 5.74) is 0. The SMILES string of the molecule is ClC1CC2CCC(C1)N2Cc1nccs1. The summed E-state index contributed by atoms with van der Waals surface area (Å²) in [5, 5.41) is 3.72. The fourth-order valence-electron chi connectivity index (χ4n) is 2.95. The summed E-state index contributed by atoms with van der Waals surface area (Å²) < 4.78 is 0. The lowest BCUT2D eigenvalue weighted by Crippen LogP contribution is -2.42. The van der Waals surface area contributed by atoms with Crippen LogP contribution in [0.25, 0.3) is 0 Å². The minimum Gasteiger partial charge on any atom is -0.291 e. The number of aromatic nitrogens is 1.